The van der Waals surface area contributed by atoms with Crippen molar-refractivity contribution in [2.24, 2.45) is 0 Å². The van der Waals surface area contributed by atoms with E-state index in [1.165, 1.54) is 0 Å². The topological polar surface area (TPSA) is 60.2 Å². The molecule has 0 aromatic heterocycles. The van der Waals surface area contributed by atoms with Gasteiger partial charge in [-0.1, -0.05) is 25.3 Å². The van der Waals surface area contributed by atoms with Crippen LogP contribution < -0.4 is 5.73 Å². The molecule has 17 heavy (non-hydrogen) atoms. The fourth-order valence-electron chi connectivity index (χ4n) is 2.48. The van der Waals surface area contributed by atoms with Crippen LogP contribution in [-0.4, -0.2) is 13.7 Å². The number of hydrogen-bond acceptors (Lipinski definition) is 3. The predicted octanol–water partition coefficient (Wildman–Crippen LogP) is 2.68. The van der Waals surface area contributed by atoms with Gasteiger partial charge in [-0.2, -0.15) is 0 Å². The van der Waals surface area contributed by atoms with Gasteiger partial charge in [0.25, 0.3) is 0 Å². The number of benzene rings is 1. The van der Waals surface area contributed by atoms with Gasteiger partial charge >= 0.3 is 0 Å². The number of sulfone groups is 1. The van der Waals surface area contributed by atoms with Crippen molar-refractivity contribution in [3.8, 4) is 0 Å². The first-order chi connectivity index (χ1) is 8.01. The number of nitrogen functional groups attached to an aromatic ring is 1. The second-order valence-corrected chi connectivity index (χ2v) is 7.04. The third-order valence-electron chi connectivity index (χ3n) is 3.46. The van der Waals surface area contributed by atoms with Crippen LogP contribution in [0.3, 0.4) is 0 Å². The Kier molecular flexibility index (Phi) is 3.43. The van der Waals surface area contributed by atoms with E-state index in [4.69, 9.17) is 5.73 Å². The lowest BCUT2D eigenvalue weighted by atomic mass is 10.0. The number of hydrogen-bond donors (Lipinski definition) is 1. The molecule has 0 bridgehead atoms. The van der Waals surface area contributed by atoms with Crippen LogP contribution in [0.2, 0.25) is 0 Å². The highest BCUT2D eigenvalue weighted by Gasteiger charge is 2.30. The molecule has 2 rings (SSSR count). The highest BCUT2D eigenvalue weighted by Crippen LogP contribution is 2.31. The van der Waals surface area contributed by atoms with Gasteiger partial charge < -0.3 is 5.73 Å². The standard InChI is InChI=1S/C13H19NO2S/c1-10-7-8-13(12(14)9-10)17(15,16)11-5-3-2-4-6-11/h7-9,11H,2-6,14H2,1H3. The van der Waals surface area contributed by atoms with Crippen LogP contribution in [-0.2, 0) is 9.84 Å². The summed E-state index contributed by atoms with van der Waals surface area (Å²) in [5, 5.41) is -0.235. The van der Waals surface area contributed by atoms with E-state index >= 15 is 0 Å². The number of rotatable bonds is 2. The lowest BCUT2D eigenvalue weighted by Crippen LogP contribution is -2.24. The molecule has 94 valence electrons. The minimum atomic E-state index is -3.23. The minimum Gasteiger partial charge on any atom is -0.398 e. The van der Waals surface area contributed by atoms with Crippen LogP contribution >= 0.6 is 0 Å². The number of anilines is 1. The highest BCUT2D eigenvalue weighted by molar-refractivity contribution is 7.92. The van der Waals surface area contributed by atoms with E-state index in [0.717, 1.165) is 37.7 Å². The van der Waals surface area contributed by atoms with E-state index < -0.39 is 9.84 Å². The lowest BCUT2D eigenvalue weighted by molar-refractivity contribution is 0.484. The Balaban J connectivity index is 2.37. The Bertz CT molecular complexity index is 502. The second kappa shape index (κ2) is 4.69. The van der Waals surface area contributed by atoms with Gasteiger partial charge in [0.1, 0.15) is 0 Å². The van der Waals surface area contributed by atoms with Crippen molar-refractivity contribution >= 4 is 15.5 Å². The first-order valence-corrected chi connectivity index (χ1v) is 7.66. The van der Waals surface area contributed by atoms with Crippen LogP contribution in [0, 0.1) is 6.92 Å². The summed E-state index contributed by atoms with van der Waals surface area (Å²) in [7, 11) is -3.23. The van der Waals surface area contributed by atoms with E-state index in [-0.39, 0.29) is 5.25 Å². The average molecular weight is 253 g/mol. The van der Waals surface area contributed by atoms with E-state index in [0.29, 0.717) is 10.6 Å². The summed E-state index contributed by atoms with van der Waals surface area (Å²) in [5.74, 6) is 0. The van der Waals surface area contributed by atoms with Crippen LogP contribution in [0.1, 0.15) is 37.7 Å². The van der Waals surface area contributed by atoms with Crippen molar-refractivity contribution in [3.05, 3.63) is 23.8 Å². The maximum atomic E-state index is 12.4. The molecule has 0 amide bonds. The normalized spacial score (nSPS) is 18.2. The molecular formula is C13H19NO2S. The summed E-state index contributed by atoms with van der Waals surface area (Å²) in [5.41, 5.74) is 7.21. The Morgan fingerprint density at radius 2 is 1.82 bits per heavy atom. The molecule has 0 aliphatic heterocycles. The minimum absolute atomic E-state index is 0.235. The second-order valence-electron chi connectivity index (χ2n) is 4.85. The SMILES string of the molecule is Cc1ccc(S(=O)(=O)C2CCCCC2)c(N)c1. The van der Waals surface area contributed by atoms with E-state index in [1.54, 1.807) is 12.1 Å². The zero-order valence-electron chi connectivity index (χ0n) is 10.1. The molecule has 0 saturated heterocycles. The summed E-state index contributed by atoms with van der Waals surface area (Å²) in [6.45, 7) is 1.91. The molecule has 3 nitrogen and oxygen atoms in total. The largest absolute Gasteiger partial charge is 0.398 e. The van der Waals surface area contributed by atoms with E-state index in [9.17, 15) is 8.42 Å². The van der Waals surface area contributed by atoms with Gasteiger partial charge in [-0.05, 0) is 37.5 Å². The van der Waals surface area contributed by atoms with Crippen molar-refractivity contribution in [1.29, 1.82) is 0 Å². The molecule has 0 unspecified atom stereocenters. The van der Waals surface area contributed by atoms with Crippen molar-refractivity contribution in [2.75, 3.05) is 5.73 Å². The Morgan fingerprint density at radius 3 is 2.41 bits per heavy atom. The molecule has 1 aliphatic rings. The Hall–Kier alpha value is -1.03. The average Bonchev–Trinajstić information content (AvgIpc) is 2.29. The fraction of sp³-hybridized carbons (Fsp3) is 0.538. The van der Waals surface area contributed by atoms with Gasteiger partial charge in [0.15, 0.2) is 9.84 Å². The summed E-state index contributed by atoms with van der Waals surface area (Å²) in [4.78, 5) is 0.315. The maximum Gasteiger partial charge on any atom is 0.183 e. The Labute approximate surface area is 103 Å². The molecule has 1 saturated carbocycles. The van der Waals surface area contributed by atoms with Gasteiger partial charge in [-0.3, -0.25) is 0 Å². The third-order valence-corrected chi connectivity index (χ3v) is 5.80. The highest BCUT2D eigenvalue weighted by atomic mass is 32.2. The van der Waals surface area contributed by atoms with Crippen LogP contribution in [0.5, 0.6) is 0 Å². The Morgan fingerprint density at radius 1 is 1.18 bits per heavy atom. The molecule has 0 heterocycles. The van der Waals surface area contributed by atoms with Crippen molar-refractivity contribution in [1.82, 2.24) is 0 Å². The molecule has 1 aromatic carbocycles. The molecule has 4 heteroatoms. The first kappa shape index (κ1) is 12.4. The van der Waals surface area contributed by atoms with Gasteiger partial charge in [0.2, 0.25) is 0 Å². The van der Waals surface area contributed by atoms with Gasteiger partial charge in [-0.15, -0.1) is 0 Å². The van der Waals surface area contributed by atoms with E-state index in [1.807, 2.05) is 13.0 Å². The quantitative estimate of drug-likeness (QED) is 0.824. The monoisotopic (exact) mass is 253 g/mol. The number of nitrogens with two attached hydrogens (primary N) is 1. The van der Waals surface area contributed by atoms with E-state index in [2.05, 4.69) is 0 Å². The molecule has 1 aromatic rings. The molecular weight excluding hydrogens is 234 g/mol. The summed E-state index contributed by atoms with van der Waals surface area (Å²) >= 11 is 0. The number of aryl methyl sites for hydroxylation is 1. The van der Waals surface area contributed by atoms with Gasteiger partial charge in [0, 0.05) is 0 Å². The van der Waals surface area contributed by atoms with Crippen molar-refractivity contribution in [3.63, 3.8) is 0 Å². The lowest BCUT2D eigenvalue weighted by Gasteiger charge is -2.22. The molecule has 0 radical (unpaired) electrons. The summed E-state index contributed by atoms with van der Waals surface area (Å²) in [6.07, 6.45) is 4.71. The smallest absolute Gasteiger partial charge is 0.183 e. The fourth-order valence-corrected chi connectivity index (χ4v) is 4.44. The third kappa shape index (κ3) is 2.46. The molecule has 1 fully saturated rings. The van der Waals surface area contributed by atoms with Gasteiger partial charge in [-0.25, -0.2) is 8.42 Å². The van der Waals surface area contributed by atoms with Crippen molar-refractivity contribution in [2.45, 2.75) is 49.2 Å². The molecule has 1 aliphatic carbocycles. The summed E-state index contributed by atoms with van der Waals surface area (Å²) in [6, 6.07) is 5.19. The predicted molar refractivity (Wildman–Crippen MR) is 69.7 cm³/mol. The zero-order valence-corrected chi connectivity index (χ0v) is 11.0. The zero-order chi connectivity index (χ0) is 12.5. The van der Waals surface area contributed by atoms with Crippen LogP contribution in [0.25, 0.3) is 0 Å². The van der Waals surface area contributed by atoms with Crippen LogP contribution in [0.15, 0.2) is 23.1 Å². The first-order valence-electron chi connectivity index (χ1n) is 6.12. The maximum absolute atomic E-state index is 12.4. The van der Waals surface area contributed by atoms with Crippen LogP contribution in [0.4, 0.5) is 5.69 Å². The molecule has 0 atom stereocenters. The van der Waals surface area contributed by atoms with Crippen molar-refractivity contribution < 1.29 is 8.42 Å². The molecule has 0 spiro atoms. The van der Waals surface area contributed by atoms with Gasteiger partial charge in [0.05, 0.1) is 15.8 Å². The summed E-state index contributed by atoms with van der Waals surface area (Å²) < 4.78 is 24.9. The molecule has 2 N–H and O–H groups in total.